The van der Waals surface area contributed by atoms with Crippen molar-refractivity contribution in [3.63, 3.8) is 0 Å². The highest BCUT2D eigenvalue weighted by Gasteiger charge is 2.41. The molecule has 0 saturated heterocycles. The molecule has 0 heterocycles. The van der Waals surface area contributed by atoms with Gasteiger partial charge in [0, 0.05) is 12.6 Å². The van der Waals surface area contributed by atoms with E-state index in [1.165, 1.54) is 6.07 Å². The van der Waals surface area contributed by atoms with Gasteiger partial charge in [0.2, 0.25) is 0 Å². The van der Waals surface area contributed by atoms with E-state index in [1.807, 2.05) is 0 Å². The lowest BCUT2D eigenvalue weighted by molar-refractivity contribution is -0.164. The zero-order chi connectivity index (χ0) is 13.1. The SMILES string of the molecule is CC1CCCCC1N(C)CC(C#N)C(F)(F)F. The maximum atomic E-state index is 12.5. The lowest BCUT2D eigenvalue weighted by Crippen LogP contribution is -2.43. The Kier molecular flexibility index (Phi) is 4.81. The number of hydrogen-bond acceptors (Lipinski definition) is 2. The van der Waals surface area contributed by atoms with Crippen LogP contribution in [0.25, 0.3) is 0 Å². The lowest BCUT2D eigenvalue weighted by atomic mass is 9.85. The molecule has 17 heavy (non-hydrogen) atoms. The van der Waals surface area contributed by atoms with Crippen molar-refractivity contribution in [3.05, 3.63) is 0 Å². The summed E-state index contributed by atoms with van der Waals surface area (Å²) in [4.78, 5) is 1.71. The molecular weight excluding hydrogens is 229 g/mol. The predicted molar refractivity (Wildman–Crippen MR) is 59.2 cm³/mol. The van der Waals surface area contributed by atoms with Crippen LogP contribution in [0.15, 0.2) is 0 Å². The maximum absolute atomic E-state index is 12.5. The number of halogens is 3. The van der Waals surface area contributed by atoms with E-state index in [0.717, 1.165) is 25.7 Å². The summed E-state index contributed by atoms with van der Waals surface area (Å²) in [6.45, 7) is 1.87. The highest BCUT2D eigenvalue weighted by Crippen LogP contribution is 2.31. The van der Waals surface area contributed by atoms with E-state index in [4.69, 9.17) is 5.26 Å². The fourth-order valence-electron chi connectivity index (χ4n) is 2.59. The van der Waals surface area contributed by atoms with E-state index in [1.54, 1.807) is 11.9 Å². The second-order valence-corrected chi connectivity index (χ2v) is 4.99. The average molecular weight is 248 g/mol. The normalized spacial score (nSPS) is 27.8. The Morgan fingerprint density at radius 2 is 1.94 bits per heavy atom. The minimum Gasteiger partial charge on any atom is -0.301 e. The van der Waals surface area contributed by atoms with Crippen LogP contribution in [0.5, 0.6) is 0 Å². The van der Waals surface area contributed by atoms with Gasteiger partial charge in [-0.2, -0.15) is 18.4 Å². The Labute approximate surface area is 100 Å². The van der Waals surface area contributed by atoms with E-state index < -0.39 is 12.1 Å². The molecule has 5 heteroatoms. The van der Waals surface area contributed by atoms with Crippen LogP contribution in [0.2, 0.25) is 0 Å². The lowest BCUT2D eigenvalue weighted by Gasteiger charge is -2.37. The maximum Gasteiger partial charge on any atom is 0.405 e. The third kappa shape index (κ3) is 3.88. The zero-order valence-electron chi connectivity index (χ0n) is 10.3. The summed E-state index contributed by atoms with van der Waals surface area (Å²) in [5.74, 6) is -1.46. The van der Waals surface area contributed by atoms with E-state index in [0.29, 0.717) is 5.92 Å². The fraction of sp³-hybridized carbons (Fsp3) is 0.917. The molecule has 1 aliphatic rings. The molecule has 1 rings (SSSR count). The van der Waals surface area contributed by atoms with Crippen LogP contribution in [-0.4, -0.2) is 30.7 Å². The van der Waals surface area contributed by atoms with Crippen LogP contribution in [0.1, 0.15) is 32.6 Å². The molecule has 0 amide bonds. The molecule has 98 valence electrons. The Balaban J connectivity index is 2.58. The molecule has 3 unspecified atom stereocenters. The first-order chi connectivity index (χ1) is 7.86. The molecule has 1 fully saturated rings. The van der Waals surface area contributed by atoms with Crippen LogP contribution in [0.4, 0.5) is 13.2 Å². The Morgan fingerprint density at radius 3 is 2.41 bits per heavy atom. The first-order valence-corrected chi connectivity index (χ1v) is 6.02. The summed E-state index contributed by atoms with van der Waals surface area (Å²) < 4.78 is 37.5. The topological polar surface area (TPSA) is 27.0 Å². The minimum absolute atomic E-state index is 0.182. The van der Waals surface area contributed by atoms with Gasteiger partial charge in [0.25, 0.3) is 0 Å². The average Bonchev–Trinajstić information content (AvgIpc) is 2.24. The summed E-state index contributed by atoms with van der Waals surface area (Å²) in [6, 6.07) is 1.54. The quantitative estimate of drug-likeness (QED) is 0.767. The third-order valence-corrected chi connectivity index (χ3v) is 3.65. The highest BCUT2D eigenvalue weighted by atomic mass is 19.4. The van der Waals surface area contributed by atoms with Gasteiger partial charge in [-0.05, 0) is 25.8 Å². The van der Waals surface area contributed by atoms with Gasteiger partial charge in [-0.3, -0.25) is 0 Å². The van der Waals surface area contributed by atoms with Gasteiger partial charge < -0.3 is 4.90 Å². The molecule has 2 nitrogen and oxygen atoms in total. The molecule has 0 N–H and O–H groups in total. The summed E-state index contributed by atoms with van der Waals surface area (Å²) in [5.41, 5.74) is 0. The van der Waals surface area contributed by atoms with Crippen LogP contribution in [0.3, 0.4) is 0 Å². The molecule has 3 atom stereocenters. The molecule has 1 saturated carbocycles. The fourth-order valence-corrected chi connectivity index (χ4v) is 2.59. The van der Waals surface area contributed by atoms with Crippen LogP contribution < -0.4 is 0 Å². The van der Waals surface area contributed by atoms with Crippen LogP contribution in [0, 0.1) is 23.2 Å². The van der Waals surface area contributed by atoms with Crippen molar-refractivity contribution < 1.29 is 13.2 Å². The molecule has 0 bridgehead atoms. The predicted octanol–water partition coefficient (Wildman–Crippen LogP) is 3.20. The number of nitrogens with zero attached hydrogens (tertiary/aromatic N) is 2. The largest absolute Gasteiger partial charge is 0.405 e. The smallest absolute Gasteiger partial charge is 0.301 e. The molecule has 0 aromatic rings. The van der Waals surface area contributed by atoms with Gasteiger partial charge in [0.05, 0.1) is 6.07 Å². The molecule has 0 aromatic carbocycles. The van der Waals surface area contributed by atoms with Crippen molar-refractivity contribution in [3.8, 4) is 6.07 Å². The summed E-state index contributed by atoms with van der Waals surface area (Å²) in [7, 11) is 1.70. The minimum atomic E-state index is -4.42. The van der Waals surface area contributed by atoms with Gasteiger partial charge in [-0.1, -0.05) is 19.8 Å². The Hall–Kier alpha value is -0.760. The van der Waals surface area contributed by atoms with Gasteiger partial charge in [0.1, 0.15) is 0 Å². The molecule has 1 aliphatic carbocycles. The third-order valence-electron chi connectivity index (χ3n) is 3.65. The molecule has 0 radical (unpaired) electrons. The van der Waals surface area contributed by atoms with E-state index in [9.17, 15) is 13.2 Å². The molecule has 0 spiro atoms. The van der Waals surface area contributed by atoms with Gasteiger partial charge in [-0.15, -0.1) is 0 Å². The molecule has 0 aliphatic heterocycles. The number of nitriles is 1. The molecular formula is C12H19F3N2. The standard InChI is InChI=1S/C12H19F3N2/c1-9-5-3-4-6-11(9)17(2)8-10(7-16)12(13,14)15/h9-11H,3-6,8H2,1-2H3. The summed E-state index contributed by atoms with van der Waals surface area (Å²) >= 11 is 0. The monoisotopic (exact) mass is 248 g/mol. The highest BCUT2D eigenvalue weighted by molar-refractivity contribution is 4.92. The molecule has 0 aromatic heterocycles. The van der Waals surface area contributed by atoms with E-state index >= 15 is 0 Å². The van der Waals surface area contributed by atoms with Crippen molar-refractivity contribution in [2.24, 2.45) is 11.8 Å². The second kappa shape index (κ2) is 5.72. The van der Waals surface area contributed by atoms with Gasteiger partial charge >= 0.3 is 6.18 Å². The van der Waals surface area contributed by atoms with Crippen molar-refractivity contribution in [1.29, 1.82) is 5.26 Å². The Bertz CT molecular complexity index is 282. The van der Waals surface area contributed by atoms with E-state index in [2.05, 4.69) is 6.92 Å². The van der Waals surface area contributed by atoms with Crippen molar-refractivity contribution >= 4 is 0 Å². The summed E-state index contributed by atoms with van der Waals surface area (Å²) in [6.07, 6.45) is -0.179. The number of alkyl halides is 3. The second-order valence-electron chi connectivity index (χ2n) is 4.99. The van der Waals surface area contributed by atoms with Gasteiger partial charge in [-0.25, -0.2) is 0 Å². The summed E-state index contributed by atoms with van der Waals surface area (Å²) in [5, 5.41) is 8.58. The van der Waals surface area contributed by atoms with Crippen molar-refractivity contribution in [2.75, 3.05) is 13.6 Å². The number of hydrogen-bond donors (Lipinski definition) is 0. The Morgan fingerprint density at radius 1 is 1.35 bits per heavy atom. The van der Waals surface area contributed by atoms with Crippen LogP contribution in [-0.2, 0) is 0 Å². The van der Waals surface area contributed by atoms with Crippen LogP contribution >= 0.6 is 0 Å². The van der Waals surface area contributed by atoms with Crippen molar-refractivity contribution in [2.45, 2.75) is 44.8 Å². The first-order valence-electron chi connectivity index (χ1n) is 6.02. The van der Waals surface area contributed by atoms with Gasteiger partial charge in [0.15, 0.2) is 5.92 Å². The van der Waals surface area contributed by atoms with E-state index in [-0.39, 0.29) is 12.6 Å². The zero-order valence-corrected chi connectivity index (χ0v) is 10.3. The number of rotatable bonds is 3. The first kappa shape index (κ1) is 14.3. The van der Waals surface area contributed by atoms with Crippen molar-refractivity contribution in [1.82, 2.24) is 4.90 Å².